The third-order valence-electron chi connectivity index (χ3n) is 2.00. The van der Waals surface area contributed by atoms with Crippen LogP contribution in [0, 0.1) is 6.07 Å². The molecule has 5 heteroatoms. The number of rotatable bonds is 0. The molecule has 0 fully saturated rings. The molecule has 0 aliphatic carbocycles. The van der Waals surface area contributed by atoms with Gasteiger partial charge < -0.3 is 0 Å². The van der Waals surface area contributed by atoms with Crippen LogP contribution >= 0.6 is 0 Å². The van der Waals surface area contributed by atoms with E-state index in [1.54, 1.807) is 4.52 Å². The summed E-state index contributed by atoms with van der Waals surface area (Å²) in [6.45, 7) is 0. The SMILES string of the molecule is [Pt].[c-]1cccc2ccn3nnnc3c12. The minimum Gasteiger partial charge on any atom is -0.241 e. The van der Waals surface area contributed by atoms with Gasteiger partial charge in [-0.25, -0.2) is 4.52 Å². The van der Waals surface area contributed by atoms with Gasteiger partial charge in [-0.05, 0) is 5.21 Å². The van der Waals surface area contributed by atoms with Crippen LogP contribution in [0.25, 0.3) is 16.4 Å². The van der Waals surface area contributed by atoms with Crippen molar-refractivity contribution in [2.45, 2.75) is 0 Å². The molecule has 2 aromatic heterocycles. The minimum absolute atomic E-state index is 0. The molecule has 3 rings (SSSR count). The Morgan fingerprint density at radius 3 is 3.14 bits per heavy atom. The van der Waals surface area contributed by atoms with Gasteiger partial charge in [-0.1, -0.05) is 16.7 Å². The van der Waals surface area contributed by atoms with Crippen molar-refractivity contribution >= 4 is 16.4 Å². The number of fused-ring (bicyclic) bond motifs is 3. The molecule has 14 heavy (non-hydrogen) atoms. The van der Waals surface area contributed by atoms with Crippen molar-refractivity contribution in [1.82, 2.24) is 20.0 Å². The smallest absolute Gasteiger partial charge is 0.104 e. The van der Waals surface area contributed by atoms with E-state index in [2.05, 4.69) is 21.6 Å². The van der Waals surface area contributed by atoms with Crippen LogP contribution in [0.15, 0.2) is 30.5 Å². The molecule has 0 aliphatic rings. The number of hydrogen-bond acceptors (Lipinski definition) is 3. The van der Waals surface area contributed by atoms with E-state index < -0.39 is 0 Å². The molecule has 0 N–H and O–H groups in total. The van der Waals surface area contributed by atoms with Crippen molar-refractivity contribution in [3.8, 4) is 0 Å². The summed E-state index contributed by atoms with van der Waals surface area (Å²) in [7, 11) is 0. The number of tetrazole rings is 1. The van der Waals surface area contributed by atoms with Crippen LogP contribution in [0.2, 0.25) is 0 Å². The summed E-state index contributed by atoms with van der Waals surface area (Å²) in [6.07, 6.45) is 1.84. The van der Waals surface area contributed by atoms with E-state index in [1.807, 2.05) is 30.5 Å². The fraction of sp³-hybridized carbons (Fsp3) is 0. The van der Waals surface area contributed by atoms with Crippen molar-refractivity contribution in [2.75, 3.05) is 0 Å². The zero-order valence-corrected chi connectivity index (χ0v) is 9.26. The number of pyridine rings is 1. The molecule has 1 aromatic carbocycles. The van der Waals surface area contributed by atoms with Crippen molar-refractivity contribution in [1.29, 1.82) is 0 Å². The van der Waals surface area contributed by atoms with E-state index in [9.17, 15) is 0 Å². The summed E-state index contributed by atoms with van der Waals surface area (Å²) in [4.78, 5) is 0. The van der Waals surface area contributed by atoms with Gasteiger partial charge in [0.1, 0.15) is 5.65 Å². The van der Waals surface area contributed by atoms with E-state index in [0.29, 0.717) is 0 Å². The number of hydrogen-bond donors (Lipinski definition) is 0. The van der Waals surface area contributed by atoms with Gasteiger partial charge in [0.2, 0.25) is 0 Å². The largest absolute Gasteiger partial charge is 0.241 e. The van der Waals surface area contributed by atoms with Crippen molar-refractivity contribution in [3.63, 3.8) is 0 Å². The molecule has 2 heterocycles. The third kappa shape index (κ3) is 1.23. The Bertz CT molecular complexity index is 575. The summed E-state index contributed by atoms with van der Waals surface area (Å²) in [5.41, 5.74) is 0.748. The average molecular weight is 364 g/mol. The summed E-state index contributed by atoms with van der Waals surface area (Å²) in [5, 5.41) is 13.4. The second kappa shape index (κ2) is 3.46. The van der Waals surface area contributed by atoms with Gasteiger partial charge >= 0.3 is 0 Å². The first kappa shape index (κ1) is 9.28. The molecule has 0 amide bonds. The zero-order chi connectivity index (χ0) is 8.67. The third-order valence-corrected chi connectivity index (χ3v) is 2.00. The van der Waals surface area contributed by atoms with Gasteiger partial charge in [-0.3, -0.25) is 0 Å². The molecule has 0 atom stereocenters. The van der Waals surface area contributed by atoms with Crippen LogP contribution in [-0.4, -0.2) is 20.0 Å². The van der Waals surface area contributed by atoms with E-state index in [4.69, 9.17) is 0 Å². The van der Waals surface area contributed by atoms with Crippen LogP contribution < -0.4 is 0 Å². The van der Waals surface area contributed by atoms with Crippen LogP contribution in [-0.2, 0) is 21.1 Å². The van der Waals surface area contributed by atoms with Crippen molar-refractivity contribution in [2.24, 2.45) is 0 Å². The molecule has 72 valence electrons. The Hall–Kier alpha value is -1.28. The van der Waals surface area contributed by atoms with Crippen LogP contribution in [0.5, 0.6) is 0 Å². The normalized spacial score (nSPS) is 10.3. The molecule has 0 saturated heterocycles. The summed E-state index contributed by atoms with van der Waals surface area (Å²) in [6, 6.07) is 10.9. The average Bonchev–Trinajstić information content (AvgIpc) is 2.65. The molecule has 0 unspecified atom stereocenters. The molecule has 0 radical (unpaired) electrons. The van der Waals surface area contributed by atoms with E-state index in [0.717, 1.165) is 16.4 Å². The molecule has 0 spiro atoms. The maximum absolute atomic E-state index is 3.92. The number of aromatic nitrogens is 4. The molecular formula is C9H5N4Pt-. The number of nitrogens with zero attached hydrogens (tertiary/aromatic N) is 4. The monoisotopic (exact) mass is 364 g/mol. The van der Waals surface area contributed by atoms with Crippen LogP contribution in [0.3, 0.4) is 0 Å². The second-order valence-electron chi connectivity index (χ2n) is 2.76. The van der Waals surface area contributed by atoms with Gasteiger partial charge in [0.15, 0.2) is 0 Å². The Labute approximate surface area is 94.2 Å². The Balaban J connectivity index is 0.000000750. The van der Waals surface area contributed by atoms with Crippen molar-refractivity contribution in [3.05, 3.63) is 36.5 Å². The predicted molar refractivity (Wildman–Crippen MR) is 47.1 cm³/mol. The topological polar surface area (TPSA) is 43.1 Å². The first-order valence-corrected chi connectivity index (χ1v) is 3.92. The Kier molecular flexibility index (Phi) is 2.30. The fourth-order valence-corrected chi connectivity index (χ4v) is 1.39. The van der Waals surface area contributed by atoms with Gasteiger partial charge in [-0.15, -0.1) is 29.7 Å². The first-order valence-electron chi connectivity index (χ1n) is 3.92. The Morgan fingerprint density at radius 1 is 1.29 bits per heavy atom. The Morgan fingerprint density at radius 2 is 2.21 bits per heavy atom. The van der Waals surface area contributed by atoms with Gasteiger partial charge in [-0.2, -0.15) is 5.10 Å². The molecule has 4 nitrogen and oxygen atoms in total. The van der Waals surface area contributed by atoms with Crippen LogP contribution in [0.4, 0.5) is 0 Å². The first-order chi connectivity index (χ1) is 6.45. The maximum Gasteiger partial charge on any atom is 0.104 e. The van der Waals surface area contributed by atoms with E-state index >= 15 is 0 Å². The van der Waals surface area contributed by atoms with Crippen molar-refractivity contribution < 1.29 is 21.1 Å². The number of benzene rings is 1. The maximum atomic E-state index is 3.92. The van der Waals surface area contributed by atoms with Gasteiger partial charge in [0, 0.05) is 27.3 Å². The molecule has 0 aliphatic heterocycles. The molecule has 0 saturated carbocycles. The summed E-state index contributed by atoms with van der Waals surface area (Å²) < 4.78 is 1.64. The predicted octanol–water partition coefficient (Wildman–Crippen LogP) is 1.08. The summed E-state index contributed by atoms with van der Waals surface area (Å²) in [5.74, 6) is 0. The van der Waals surface area contributed by atoms with E-state index in [-0.39, 0.29) is 21.1 Å². The van der Waals surface area contributed by atoms with Crippen LogP contribution in [0.1, 0.15) is 0 Å². The quantitative estimate of drug-likeness (QED) is 0.561. The van der Waals surface area contributed by atoms with Gasteiger partial charge in [0.25, 0.3) is 0 Å². The molecular weight excluding hydrogens is 359 g/mol. The zero-order valence-electron chi connectivity index (χ0n) is 6.99. The van der Waals surface area contributed by atoms with E-state index in [1.165, 1.54) is 0 Å². The standard InChI is InChI=1S/C9H5N4.Pt/c1-2-4-8-7(3-1)5-6-13-9(8)10-11-12-13;/h1-3,5-6H;/q-1;. The summed E-state index contributed by atoms with van der Waals surface area (Å²) >= 11 is 0. The second-order valence-corrected chi connectivity index (χ2v) is 2.76. The van der Waals surface area contributed by atoms with Gasteiger partial charge in [0.05, 0.1) is 0 Å². The molecule has 3 aromatic rings. The minimum atomic E-state index is 0. The molecule has 0 bridgehead atoms. The fourth-order valence-electron chi connectivity index (χ4n) is 1.39.